The van der Waals surface area contributed by atoms with E-state index in [0.29, 0.717) is 5.56 Å². The van der Waals surface area contributed by atoms with Crippen LogP contribution in [-0.2, 0) is 25.1 Å². The van der Waals surface area contributed by atoms with Crippen molar-refractivity contribution in [3.63, 3.8) is 0 Å². The number of nitrogens with zero attached hydrogens (tertiary/aromatic N) is 1. The fourth-order valence-electron chi connectivity index (χ4n) is 2.45. The zero-order valence-electron chi connectivity index (χ0n) is 15.2. The smallest absolute Gasteiger partial charge is 0.338 e. The third kappa shape index (κ3) is 5.88. The van der Waals surface area contributed by atoms with E-state index in [2.05, 4.69) is 5.32 Å². The molecule has 0 aliphatic heterocycles. The highest BCUT2D eigenvalue weighted by Gasteiger charge is 2.16. The van der Waals surface area contributed by atoms with Gasteiger partial charge in [0.05, 0.1) is 27.5 Å². The highest BCUT2D eigenvalue weighted by molar-refractivity contribution is 7.89. The zero-order chi connectivity index (χ0) is 20.9. The van der Waals surface area contributed by atoms with Gasteiger partial charge in [-0.05, 0) is 30.7 Å². The Bertz CT molecular complexity index is 1030. The highest BCUT2D eigenvalue weighted by atomic mass is 32.2. The maximum Gasteiger partial charge on any atom is 0.338 e. The van der Waals surface area contributed by atoms with Crippen molar-refractivity contribution in [3.8, 4) is 0 Å². The molecular formula is C18H18N2O7S. The molecule has 2 rings (SSSR count). The Hall–Kier alpha value is -3.27. The second-order valence-electron chi connectivity index (χ2n) is 6.10. The molecule has 0 aliphatic rings. The Morgan fingerprint density at radius 1 is 1.18 bits per heavy atom. The number of carbonyl (C=O) groups excluding carboxylic acids is 2. The SMILES string of the molecule is Cc1c(NC(=O)COC(=O)c2cccc(CS(C)(=O)=O)c2)cccc1[N+](=O)[O-]. The molecule has 0 atom stereocenters. The summed E-state index contributed by atoms with van der Waals surface area (Å²) in [6.07, 6.45) is 1.08. The van der Waals surface area contributed by atoms with Crippen molar-refractivity contribution < 1.29 is 27.7 Å². The third-order valence-electron chi connectivity index (χ3n) is 3.70. The number of nitrogens with one attached hydrogen (secondary N) is 1. The number of rotatable bonds is 7. The van der Waals surface area contributed by atoms with Crippen LogP contribution < -0.4 is 5.32 Å². The van der Waals surface area contributed by atoms with Gasteiger partial charge >= 0.3 is 5.97 Å². The monoisotopic (exact) mass is 406 g/mol. The van der Waals surface area contributed by atoms with Crippen LogP contribution in [0.1, 0.15) is 21.5 Å². The fraction of sp³-hybridized carbons (Fsp3) is 0.222. The molecule has 2 aromatic carbocycles. The Labute approximate surface area is 161 Å². The van der Waals surface area contributed by atoms with Crippen LogP contribution in [0, 0.1) is 17.0 Å². The lowest BCUT2D eigenvalue weighted by molar-refractivity contribution is -0.385. The van der Waals surface area contributed by atoms with Crippen molar-refractivity contribution >= 4 is 33.1 Å². The van der Waals surface area contributed by atoms with Gasteiger partial charge in [0.1, 0.15) is 0 Å². The van der Waals surface area contributed by atoms with E-state index in [4.69, 9.17) is 4.74 Å². The second-order valence-corrected chi connectivity index (χ2v) is 8.24. The first-order chi connectivity index (χ1) is 13.1. The largest absolute Gasteiger partial charge is 0.452 e. The number of nitro benzene ring substituents is 1. The first kappa shape index (κ1) is 21.0. The molecule has 2 aromatic rings. The maximum absolute atomic E-state index is 12.1. The predicted octanol–water partition coefficient (Wildman–Crippen LogP) is 2.24. The van der Waals surface area contributed by atoms with Gasteiger partial charge in [0, 0.05) is 12.3 Å². The second kappa shape index (κ2) is 8.61. The van der Waals surface area contributed by atoms with Gasteiger partial charge in [-0.3, -0.25) is 14.9 Å². The van der Waals surface area contributed by atoms with Gasteiger partial charge < -0.3 is 10.1 Å². The number of sulfone groups is 1. The number of carbonyl (C=O) groups is 2. The molecule has 0 radical (unpaired) electrons. The molecule has 1 N–H and O–H groups in total. The predicted molar refractivity (Wildman–Crippen MR) is 102 cm³/mol. The van der Waals surface area contributed by atoms with E-state index in [9.17, 15) is 28.1 Å². The van der Waals surface area contributed by atoms with E-state index in [1.54, 1.807) is 6.07 Å². The fourth-order valence-corrected chi connectivity index (χ4v) is 3.23. The summed E-state index contributed by atoms with van der Waals surface area (Å²) in [5.74, 6) is -1.67. The van der Waals surface area contributed by atoms with Crippen LogP contribution in [0.3, 0.4) is 0 Å². The van der Waals surface area contributed by atoms with Gasteiger partial charge in [-0.1, -0.05) is 18.2 Å². The standard InChI is InChI=1S/C18H18N2O7S/c1-12-15(7-4-8-16(12)20(23)24)19-17(21)10-27-18(22)14-6-3-5-13(9-14)11-28(2,25)26/h3-9H,10-11H2,1-2H3,(H,19,21). The summed E-state index contributed by atoms with van der Waals surface area (Å²) >= 11 is 0. The van der Waals surface area contributed by atoms with Crippen LogP contribution in [0.4, 0.5) is 11.4 Å². The van der Waals surface area contributed by atoms with Gasteiger partial charge in [-0.15, -0.1) is 0 Å². The molecule has 1 amide bonds. The molecule has 9 nitrogen and oxygen atoms in total. The lowest BCUT2D eigenvalue weighted by Crippen LogP contribution is -2.21. The minimum Gasteiger partial charge on any atom is -0.452 e. The minimum atomic E-state index is -3.26. The zero-order valence-corrected chi connectivity index (χ0v) is 16.0. The van der Waals surface area contributed by atoms with Crippen LogP contribution in [0.5, 0.6) is 0 Å². The van der Waals surface area contributed by atoms with E-state index in [1.807, 2.05) is 0 Å². The number of hydrogen-bond acceptors (Lipinski definition) is 7. The van der Waals surface area contributed by atoms with Gasteiger partial charge in [0.25, 0.3) is 11.6 Å². The van der Waals surface area contributed by atoms with Crippen molar-refractivity contribution in [1.82, 2.24) is 0 Å². The molecular weight excluding hydrogens is 388 g/mol. The molecule has 0 saturated heterocycles. The van der Waals surface area contributed by atoms with E-state index in [0.717, 1.165) is 6.26 Å². The normalized spacial score (nSPS) is 10.9. The molecule has 0 bridgehead atoms. The molecule has 0 heterocycles. The van der Waals surface area contributed by atoms with Gasteiger partial charge in [0.15, 0.2) is 16.4 Å². The Kier molecular flexibility index (Phi) is 6.47. The molecule has 28 heavy (non-hydrogen) atoms. The molecule has 0 unspecified atom stereocenters. The summed E-state index contributed by atoms with van der Waals surface area (Å²) < 4.78 is 27.6. The van der Waals surface area contributed by atoms with Gasteiger partial charge in [0.2, 0.25) is 0 Å². The molecule has 148 valence electrons. The van der Waals surface area contributed by atoms with Crippen LogP contribution in [-0.4, -0.2) is 38.1 Å². The molecule has 10 heteroatoms. The van der Waals surface area contributed by atoms with Crippen molar-refractivity contribution in [2.75, 3.05) is 18.2 Å². The molecule has 0 saturated carbocycles. The number of esters is 1. The quantitative estimate of drug-likeness (QED) is 0.423. The minimum absolute atomic E-state index is 0.112. The maximum atomic E-state index is 12.1. The Balaban J connectivity index is 2.00. The number of nitro groups is 1. The van der Waals surface area contributed by atoms with Crippen LogP contribution >= 0.6 is 0 Å². The van der Waals surface area contributed by atoms with E-state index < -0.39 is 33.2 Å². The summed E-state index contributed by atoms with van der Waals surface area (Å²) in [5, 5.41) is 13.4. The van der Waals surface area contributed by atoms with E-state index in [1.165, 1.54) is 43.3 Å². The van der Waals surface area contributed by atoms with Crippen LogP contribution in [0.2, 0.25) is 0 Å². The van der Waals surface area contributed by atoms with Crippen LogP contribution in [0.25, 0.3) is 0 Å². The Morgan fingerprint density at radius 2 is 1.86 bits per heavy atom. The first-order valence-electron chi connectivity index (χ1n) is 8.04. The van der Waals surface area contributed by atoms with Gasteiger partial charge in [-0.25, -0.2) is 13.2 Å². The third-order valence-corrected chi connectivity index (χ3v) is 4.56. The first-order valence-corrected chi connectivity index (χ1v) is 10.1. The Morgan fingerprint density at radius 3 is 2.50 bits per heavy atom. The summed E-state index contributed by atoms with van der Waals surface area (Å²) in [6.45, 7) is 0.893. The van der Waals surface area contributed by atoms with Gasteiger partial charge in [-0.2, -0.15) is 0 Å². The van der Waals surface area contributed by atoms with Crippen molar-refractivity contribution in [1.29, 1.82) is 0 Å². The number of hydrogen-bond donors (Lipinski definition) is 1. The highest BCUT2D eigenvalue weighted by Crippen LogP contribution is 2.24. The summed E-state index contributed by atoms with van der Waals surface area (Å²) in [4.78, 5) is 34.5. The molecule has 0 spiro atoms. The van der Waals surface area contributed by atoms with Crippen molar-refractivity contribution in [2.45, 2.75) is 12.7 Å². The summed E-state index contributed by atoms with van der Waals surface area (Å²) in [6, 6.07) is 10.1. The number of amides is 1. The lowest BCUT2D eigenvalue weighted by Gasteiger charge is -2.09. The summed E-state index contributed by atoms with van der Waals surface area (Å²) in [7, 11) is -3.26. The average Bonchev–Trinajstić information content (AvgIpc) is 2.60. The molecule has 0 aromatic heterocycles. The van der Waals surface area contributed by atoms with E-state index >= 15 is 0 Å². The number of anilines is 1. The lowest BCUT2D eigenvalue weighted by atomic mass is 10.1. The average molecular weight is 406 g/mol. The van der Waals surface area contributed by atoms with Crippen LogP contribution in [0.15, 0.2) is 42.5 Å². The van der Waals surface area contributed by atoms with Crippen molar-refractivity contribution in [2.24, 2.45) is 0 Å². The van der Waals surface area contributed by atoms with E-state index in [-0.39, 0.29) is 28.3 Å². The number of benzene rings is 2. The summed E-state index contributed by atoms with van der Waals surface area (Å²) in [5.41, 5.74) is 0.914. The molecule has 0 fully saturated rings. The molecule has 0 aliphatic carbocycles. The number of ether oxygens (including phenoxy) is 1. The topological polar surface area (TPSA) is 133 Å². The van der Waals surface area contributed by atoms with Crippen molar-refractivity contribution in [3.05, 3.63) is 69.3 Å².